The van der Waals surface area contributed by atoms with E-state index >= 15 is 0 Å². The van der Waals surface area contributed by atoms with E-state index in [1.54, 1.807) is 6.20 Å². The van der Waals surface area contributed by atoms with E-state index in [4.69, 9.17) is 0 Å². The highest BCUT2D eigenvalue weighted by Crippen LogP contribution is 2.16. The Bertz CT molecular complexity index is 794. The molecule has 7 nitrogen and oxygen atoms in total. The van der Waals surface area contributed by atoms with E-state index in [2.05, 4.69) is 44.9 Å². The predicted octanol–water partition coefficient (Wildman–Crippen LogP) is 1.39. The maximum absolute atomic E-state index is 11.5. The van der Waals surface area contributed by atoms with Crippen LogP contribution in [0.1, 0.15) is 17.5 Å². The van der Waals surface area contributed by atoms with E-state index in [0.29, 0.717) is 24.7 Å². The summed E-state index contributed by atoms with van der Waals surface area (Å²) in [7, 11) is -2.93. The molecule has 0 spiro atoms. The van der Waals surface area contributed by atoms with Gasteiger partial charge in [-0.05, 0) is 24.5 Å². The van der Waals surface area contributed by atoms with Crippen LogP contribution in [0.4, 0.5) is 11.8 Å². The minimum atomic E-state index is -2.93. The summed E-state index contributed by atoms with van der Waals surface area (Å²) >= 11 is 0. The summed E-state index contributed by atoms with van der Waals surface area (Å²) < 4.78 is 23.0. The van der Waals surface area contributed by atoms with Gasteiger partial charge in [0.25, 0.3) is 0 Å². The molecule has 1 aromatic carbocycles. The molecule has 0 saturated carbocycles. The van der Waals surface area contributed by atoms with Crippen molar-refractivity contribution in [2.75, 3.05) is 22.1 Å². The van der Waals surface area contributed by atoms with Crippen molar-refractivity contribution in [3.63, 3.8) is 0 Å². The Morgan fingerprint density at radius 2 is 2.13 bits per heavy atom. The Kier molecular flexibility index (Phi) is 4.42. The third-order valence-electron chi connectivity index (χ3n) is 3.85. The first-order valence-corrected chi connectivity index (χ1v) is 9.29. The van der Waals surface area contributed by atoms with Gasteiger partial charge in [-0.1, -0.05) is 24.3 Å². The number of sulfone groups is 1. The van der Waals surface area contributed by atoms with Gasteiger partial charge < -0.3 is 10.6 Å². The van der Waals surface area contributed by atoms with Gasteiger partial charge >= 0.3 is 0 Å². The number of benzene rings is 1. The van der Waals surface area contributed by atoms with Crippen molar-refractivity contribution >= 4 is 21.6 Å². The molecule has 0 radical (unpaired) electrons. The van der Waals surface area contributed by atoms with Crippen LogP contribution in [-0.2, 0) is 16.4 Å². The number of anilines is 2. The van der Waals surface area contributed by atoms with Crippen molar-refractivity contribution in [1.29, 1.82) is 0 Å². The van der Waals surface area contributed by atoms with Gasteiger partial charge in [0.05, 0.1) is 17.7 Å². The summed E-state index contributed by atoms with van der Waals surface area (Å²) in [5.74, 6) is 1.29. The molecule has 0 bridgehead atoms. The summed E-state index contributed by atoms with van der Waals surface area (Å²) in [6.45, 7) is 2.70. The molecular formula is C15H19N5O2S. The quantitative estimate of drug-likeness (QED) is 0.853. The predicted molar refractivity (Wildman–Crippen MR) is 89.0 cm³/mol. The van der Waals surface area contributed by atoms with E-state index in [9.17, 15) is 8.42 Å². The maximum atomic E-state index is 11.5. The van der Waals surface area contributed by atoms with Crippen LogP contribution in [0.2, 0.25) is 0 Å². The molecule has 1 saturated heterocycles. The lowest BCUT2D eigenvalue weighted by molar-refractivity contribution is 0.602. The Morgan fingerprint density at radius 3 is 2.87 bits per heavy atom. The van der Waals surface area contributed by atoms with Gasteiger partial charge in [-0.25, -0.2) is 8.42 Å². The Hall–Kier alpha value is -2.22. The van der Waals surface area contributed by atoms with Crippen LogP contribution >= 0.6 is 0 Å². The molecule has 1 fully saturated rings. The van der Waals surface area contributed by atoms with Gasteiger partial charge in [0.1, 0.15) is 0 Å². The van der Waals surface area contributed by atoms with Crippen LogP contribution in [-0.4, -0.2) is 41.1 Å². The van der Waals surface area contributed by atoms with Crippen LogP contribution in [0.25, 0.3) is 0 Å². The number of rotatable bonds is 5. The van der Waals surface area contributed by atoms with Gasteiger partial charge in [-0.3, -0.25) is 0 Å². The highest BCUT2D eigenvalue weighted by Gasteiger charge is 2.28. The molecule has 23 heavy (non-hydrogen) atoms. The average molecular weight is 333 g/mol. The van der Waals surface area contributed by atoms with E-state index in [-0.39, 0.29) is 17.5 Å². The van der Waals surface area contributed by atoms with E-state index in [1.807, 2.05) is 12.1 Å². The standard InChI is InChI=1S/C15H19N5O2S/c1-11-4-2-3-5-12(11)8-16-14-9-17-20-15(19-14)18-13-6-7-23(21,22)10-13/h2-5,9,13H,6-8,10H2,1H3,(H2,16,18,19,20). The zero-order valence-corrected chi connectivity index (χ0v) is 13.7. The molecule has 0 amide bonds. The number of aromatic nitrogens is 3. The average Bonchev–Trinajstić information content (AvgIpc) is 2.86. The van der Waals surface area contributed by atoms with Crippen molar-refractivity contribution in [2.45, 2.75) is 25.9 Å². The SMILES string of the molecule is Cc1ccccc1CNc1cnnc(NC2CCS(=O)(=O)C2)n1. The molecular weight excluding hydrogens is 314 g/mol. The summed E-state index contributed by atoms with van der Waals surface area (Å²) in [5, 5.41) is 14.1. The first kappa shape index (κ1) is 15.7. The zero-order valence-electron chi connectivity index (χ0n) is 12.9. The fourth-order valence-corrected chi connectivity index (χ4v) is 4.21. The largest absolute Gasteiger partial charge is 0.365 e. The van der Waals surface area contributed by atoms with Gasteiger partial charge in [0, 0.05) is 12.6 Å². The molecule has 2 aromatic rings. The van der Waals surface area contributed by atoms with E-state index in [0.717, 1.165) is 0 Å². The van der Waals surface area contributed by atoms with E-state index < -0.39 is 9.84 Å². The molecule has 1 atom stereocenters. The highest BCUT2D eigenvalue weighted by molar-refractivity contribution is 7.91. The number of nitrogens with one attached hydrogen (secondary N) is 2. The first-order chi connectivity index (χ1) is 11.0. The van der Waals surface area contributed by atoms with Gasteiger partial charge in [-0.15, -0.1) is 5.10 Å². The minimum absolute atomic E-state index is 0.122. The molecule has 2 heterocycles. The lowest BCUT2D eigenvalue weighted by Gasteiger charge is -2.12. The third kappa shape index (κ3) is 4.16. The number of nitrogens with zero attached hydrogens (tertiary/aromatic N) is 3. The zero-order chi connectivity index (χ0) is 16.3. The first-order valence-electron chi connectivity index (χ1n) is 7.47. The molecule has 122 valence electrons. The molecule has 1 aliphatic rings. The van der Waals surface area contributed by atoms with Gasteiger partial charge in [-0.2, -0.15) is 10.1 Å². The van der Waals surface area contributed by atoms with Crippen LogP contribution < -0.4 is 10.6 Å². The molecule has 2 N–H and O–H groups in total. The van der Waals surface area contributed by atoms with Crippen molar-refractivity contribution in [1.82, 2.24) is 15.2 Å². The second-order valence-electron chi connectivity index (χ2n) is 5.69. The van der Waals surface area contributed by atoms with Crippen LogP contribution in [0.3, 0.4) is 0 Å². The Labute approximate surface area is 135 Å². The highest BCUT2D eigenvalue weighted by atomic mass is 32.2. The van der Waals surface area contributed by atoms with Crippen molar-refractivity contribution in [3.05, 3.63) is 41.6 Å². The normalized spacial score (nSPS) is 19.4. The molecule has 3 rings (SSSR count). The van der Waals surface area contributed by atoms with Crippen molar-refractivity contribution in [2.24, 2.45) is 0 Å². The number of hydrogen-bond donors (Lipinski definition) is 2. The van der Waals surface area contributed by atoms with Gasteiger partial charge in [0.15, 0.2) is 15.7 Å². The van der Waals surface area contributed by atoms with Crippen LogP contribution in [0.15, 0.2) is 30.5 Å². The fraction of sp³-hybridized carbons (Fsp3) is 0.400. The summed E-state index contributed by atoms with van der Waals surface area (Å²) in [6, 6.07) is 7.97. The molecule has 8 heteroatoms. The third-order valence-corrected chi connectivity index (χ3v) is 5.61. The van der Waals surface area contributed by atoms with Crippen molar-refractivity contribution < 1.29 is 8.42 Å². The second kappa shape index (κ2) is 6.49. The molecule has 1 aliphatic heterocycles. The Morgan fingerprint density at radius 1 is 1.30 bits per heavy atom. The molecule has 1 aromatic heterocycles. The maximum Gasteiger partial charge on any atom is 0.244 e. The summed E-state index contributed by atoms with van der Waals surface area (Å²) in [6.07, 6.45) is 2.13. The second-order valence-corrected chi connectivity index (χ2v) is 7.92. The number of hydrogen-bond acceptors (Lipinski definition) is 7. The smallest absolute Gasteiger partial charge is 0.244 e. The lowest BCUT2D eigenvalue weighted by Crippen LogP contribution is -2.22. The summed E-state index contributed by atoms with van der Waals surface area (Å²) in [5.41, 5.74) is 2.39. The monoisotopic (exact) mass is 333 g/mol. The van der Waals surface area contributed by atoms with Gasteiger partial charge in [0.2, 0.25) is 5.95 Å². The Balaban J connectivity index is 1.62. The topological polar surface area (TPSA) is 96.9 Å². The fourth-order valence-electron chi connectivity index (χ4n) is 2.54. The minimum Gasteiger partial charge on any atom is -0.365 e. The van der Waals surface area contributed by atoms with Crippen molar-refractivity contribution in [3.8, 4) is 0 Å². The number of aryl methyl sites for hydroxylation is 1. The van der Waals surface area contributed by atoms with E-state index in [1.165, 1.54) is 11.1 Å². The molecule has 0 aliphatic carbocycles. The van der Waals surface area contributed by atoms with Crippen LogP contribution in [0.5, 0.6) is 0 Å². The lowest BCUT2D eigenvalue weighted by atomic mass is 10.1. The van der Waals surface area contributed by atoms with Crippen LogP contribution in [0, 0.1) is 6.92 Å². The molecule has 1 unspecified atom stereocenters. The summed E-state index contributed by atoms with van der Waals surface area (Å²) in [4.78, 5) is 4.34.